The molecule has 0 radical (unpaired) electrons. The number of nitriles is 1. The topological polar surface area (TPSA) is 62.1 Å². The average molecular weight is 268 g/mol. The van der Waals surface area contributed by atoms with Gasteiger partial charge in [0.25, 0.3) is 0 Å². The second kappa shape index (κ2) is 5.01. The molecule has 1 saturated carbocycles. The van der Waals surface area contributed by atoms with Crippen LogP contribution < -0.4 is 5.32 Å². The van der Waals surface area contributed by atoms with Crippen LogP contribution in [-0.4, -0.2) is 17.6 Å². The van der Waals surface area contributed by atoms with Crippen molar-refractivity contribution in [2.75, 3.05) is 5.32 Å². The monoisotopic (exact) mass is 268 g/mol. The Balaban J connectivity index is 1.83. The van der Waals surface area contributed by atoms with E-state index in [4.69, 9.17) is 4.74 Å². The molecule has 1 unspecified atom stereocenters. The molecule has 0 aromatic heterocycles. The van der Waals surface area contributed by atoms with Crippen molar-refractivity contribution >= 4 is 17.7 Å². The van der Waals surface area contributed by atoms with Gasteiger partial charge in [-0.25, -0.2) is 4.79 Å². The molecule has 1 N–H and O–H groups in total. The van der Waals surface area contributed by atoms with Crippen LogP contribution in [0.25, 0.3) is 6.08 Å². The second-order valence-electron chi connectivity index (χ2n) is 5.28. The lowest BCUT2D eigenvalue weighted by Crippen LogP contribution is -2.46. The number of fused-ring (bicyclic) bond motifs is 1. The van der Waals surface area contributed by atoms with E-state index in [0.29, 0.717) is 0 Å². The maximum Gasteiger partial charge on any atom is 0.351 e. The lowest BCUT2D eigenvalue weighted by molar-refractivity contribution is -0.150. The van der Waals surface area contributed by atoms with Crippen LogP contribution in [0.3, 0.4) is 0 Å². The first-order chi connectivity index (χ1) is 9.73. The van der Waals surface area contributed by atoms with Crippen molar-refractivity contribution in [2.24, 2.45) is 0 Å². The molecule has 1 heterocycles. The van der Waals surface area contributed by atoms with E-state index in [2.05, 4.69) is 11.4 Å². The van der Waals surface area contributed by atoms with Gasteiger partial charge in [-0.3, -0.25) is 0 Å². The normalized spacial score (nSPS) is 24.6. The number of hydrogen-bond donors (Lipinski definition) is 1. The number of rotatable bonds is 2. The van der Waals surface area contributed by atoms with Crippen molar-refractivity contribution in [3.8, 4) is 6.07 Å². The first-order valence-corrected chi connectivity index (χ1v) is 6.92. The smallest absolute Gasteiger partial charge is 0.351 e. The predicted molar refractivity (Wildman–Crippen MR) is 75.8 cm³/mol. The zero-order valence-electron chi connectivity index (χ0n) is 11.1. The number of hydrogen-bond acceptors (Lipinski definition) is 4. The molecule has 102 valence electrons. The molecule has 2 aliphatic rings. The number of anilines is 1. The maximum atomic E-state index is 12.4. The van der Waals surface area contributed by atoms with Crippen LogP contribution in [0.4, 0.5) is 5.69 Å². The molecular weight excluding hydrogens is 252 g/mol. The van der Waals surface area contributed by atoms with Crippen LogP contribution in [0.1, 0.15) is 31.2 Å². The zero-order chi connectivity index (χ0) is 14.0. The van der Waals surface area contributed by atoms with Gasteiger partial charge in [0.2, 0.25) is 5.54 Å². The molecule has 1 aliphatic heterocycles. The van der Waals surface area contributed by atoms with E-state index in [0.717, 1.165) is 36.9 Å². The summed E-state index contributed by atoms with van der Waals surface area (Å²) in [6.07, 6.45) is 7.31. The third kappa shape index (κ3) is 2.16. The molecule has 0 amide bonds. The molecule has 1 aromatic rings. The largest absolute Gasteiger partial charge is 0.460 e. The quantitative estimate of drug-likeness (QED) is 0.838. The molecule has 0 bridgehead atoms. The fraction of sp³-hybridized carbons (Fsp3) is 0.375. The van der Waals surface area contributed by atoms with Crippen molar-refractivity contribution in [1.82, 2.24) is 0 Å². The lowest BCUT2D eigenvalue weighted by Gasteiger charge is -2.29. The Morgan fingerprint density at radius 2 is 2.10 bits per heavy atom. The highest BCUT2D eigenvalue weighted by Crippen LogP contribution is 2.30. The van der Waals surface area contributed by atoms with Crippen LogP contribution >= 0.6 is 0 Å². The van der Waals surface area contributed by atoms with Crippen LogP contribution in [0, 0.1) is 11.3 Å². The van der Waals surface area contributed by atoms with Crippen molar-refractivity contribution in [2.45, 2.75) is 37.3 Å². The number of nitrogens with zero attached hydrogens (tertiary/aromatic N) is 1. The number of para-hydroxylation sites is 1. The fourth-order valence-electron chi connectivity index (χ4n) is 2.71. The van der Waals surface area contributed by atoms with Gasteiger partial charge in [-0.05, 0) is 43.4 Å². The Morgan fingerprint density at radius 1 is 1.35 bits per heavy atom. The number of benzene rings is 1. The fourth-order valence-corrected chi connectivity index (χ4v) is 2.71. The molecule has 3 rings (SSSR count). The lowest BCUT2D eigenvalue weighted by atomic mass is 9.94. The van der Waals surface area contributed by atoms with Gasteiger partial charge in [-0.2, -0.15) is 5.26 Å². The second-order valence-corrected chi connectivity index (χ2v) is 5.28. The van der Waals surface area contributed by atoms with E-state index in [1.54, 1.807) is 12.2 Å². The van der Waals surface area contributed by atoms with Crippen LogP contribution in [0.2, 0.25) is 0 Å². The minimum absolute atomic E-state index is 0.0416. The molecule has 0 saturated heterocycles. The minimum atomic E-state index is -1.41. The van der Waals surface area contributed by atoms with Gasteiger partial charge in [-0.1, -0.05) is 24.3 Å². The predicted octanol–water partition coefficient (Wildman–Crippen LogP) is 2.87. The van der Waals surface area contributed by atoms with Crippen LogP contribution in [0.15, 0.2) is 30.3 Å². The number of carbonyl (C=O) groups is 1. The highest BCUT2D eigenvalue weighted by Gasteiger charge is 2.41. The molecular formula is C16H16N2O2. The first kappa shape index (κ1) is 12.7. The van der Waals surface area contributed by atoms with E-state index < -0.39 is 11.5 Å². The van der Waals surface area contributed by atoms with Crippen molar-refractivity contribution in [3.63, 3.8) is 0 Å². The Labute approximate surface area is 118 Å². The van der Waals surface area contributed by atoms with E-state index in [1.807, 2.05) is 24.3 Å². The Morgan fingerprint density at radius 3 is 2.85 bits per heavy atom. The van der Waals surface area contributed by atoms with Gasteiger partial charge in [0.1, 0.15) is 12.2 Å². The van der Waals surface area contributed by atoms with Gasteiger partial charge in [-0.15, -0.1) is 0 Å². The summed E-state index contributed by atoms with van der Waals surface area (Å²) in [5.41, 5.74) is 0.337. The Hall–Kier alpha value is -2.28. The maximum absolute atomic E-state index is 12.4. The van der Waals surface area contributed by atoms with Gasteiger partial charge in [0, 0.05) is 5.69 Å². The molecule has 4 nitrogen and oxygen atoms in total. The molecule has 1 aromatic carbocycles. The summed E-state index contributed by atoms with van der Waals surface area (Å²) < 4.78 is 5.48. The zero-order valence-corrected chi connectivity index (χ0v) is 11.1. The highest BCUT2D eigenvalue weighted by molar-refractivity contribution is 5.95. The highest BCUT2D eigenvalue weighted by atomic mass is 16.5. The number of nitrogens with one attached hydrogen (secondary N) is 1. The van der Waals surface area contributed by atoms with E-state index >= 15 is 0 Å². The number of ether oxygens (including phenoxy) is 1. The molecule has 1 aliphatic carbocycles. The van der Waals surface area contributed by atoms with Gasteiger partial charge in [0.15, 0.2) is 0 Å². The summed E-state index contributed by atoms with van der Waals surface area (Å²) in [7, 11) is 0. The Bertz CT molecular complexity index is 597. The summed E-state index contributed by atoms with van der Waals surface area (Å²) in [4.78, 5) is 12.4. The van der Waals surface area contributed by atoms with Crippen molar-refractivity contribution in [3.05, 3.63) is 35.9 Å². The minimum Gasteiger partial charge on any atom is -0.460 e. The average Bonchev–Trinajstić information content (AvgIpc) is 2.99. The summed E-state index contributed by atoms with van der Waals surface area (Å²) in [6, 6.07) is 9.64. The molecule has 4 heteroatoms. The van der Waals surface area contributed by atoms with Crippen molar-refractivity contribution < 1.29 is 9.53 Å². The van der Waals surface area contributed by atoms with E-state index in [9.17, 15) is 10.1 Å². The van der Waals surface area contributed by atoms with Crippen molar-refractivity contribution in [1.29, 1.82) is 5.26 Å². The number of esters is 1. The third-order valence-electron chi connectivity index (χ3n) is 3.88. The number of carbonyl (C=O) groups excluding carboxylic acids is 1. The summed E-state index contributed by atoms with van der Waals surface area (Å²) in [5.74, 6) is -0.502. The summed E-state index contributed by atoms with van der Waals surface area (Å²) in [6.45, 7) is 0. The molecule has 1 atom stereocenters. The third-order valence-corrected chi connectivity index (χ3v) is 3.88. The molecule has 20 heavy (non-hydrogen) atoms. The van der Waals surface area contributed by atoms with Crippen LogP contribution in [0.5, 0.6) is 0 Å². The molecule has 1 fully saturated rings. The van der Waals surface area contributed by atoms with E-state index in [-0.39, 0.29) is 6.10 Å². The standard InChI is InChI=1S/C16H16N2O2/c17-11-16(15(19)20-13-6-2-3-7-13)10-9-12-5-1-4-8-14(12)18-16/h1,4-5,8-10,13,18H,2-3,6-7H2. The first-order valence-electron chi connectivity index (χ1n) is 6.92. The SMILES string of the molecule is N#CC1(C(=O)OC2CCCC2)C=Cc2ccccc2N1. The van der Waals surface area contributed by atoms with Gasteiger partial charge in [0.05, 0.1) is 0 Å². The summed E-state index contributed by atoms with van der Waals surface area (Å²) in [5, 5.41) is 12.5. The summed E-state index contributed by atoms with van der Waals surface area (Å²) >= 11 is 0. The van der Waals surface area contributed by atoms with Gasteiger partial charge < -0.3 is 10.1 Å². The van der Waals surface area contributed by atoms with E-state index in [1.165, 1.54) is 0 Å². The van der Waals surface area contributed by atoms with Gasteiger partial charge >= 0.3 is 5.97 Å². The van der Waals surface area contributed by atoms with Crippen LogP contribution in [-0.2, 0) is 9.53 Å². The Kier molecular flexibility index (Phi) is 3.19. The molecule has 0 spiro atoms.